The molecule has 2 N–H and O–H groups in total. The minimum atomic E-state index is -1.03. The summed E-state index contributed by atoms with van der Waals surface area (Å²) in [4.78, 5) is 6.87. The third-order valence-electron chi connectivity index (χ3n) is 4.88. The van der Waals surface area contributed by atoms with Gasteiger partial charge >= 0.3 is 0 Å². The van der Waals surface area contributed by atoms with Crippen molar-refractivity contribution in [1.29, 1.82) is 0 Å². The zero-order valence-corrected chi connectivity index (χ0v) is 12.1. The molecule has 0 saturated carbocycles. The molecule has 3 aliphatic rings. The molecule has 3 saturated heterocycles. The number of rotatable bonds is 2. The maximum absolute atomic E-state index is 10.6. The zero-order chi connectivity index (χ0) is 14.3. The first-order valence-electron chi connectivity index (χ1n) is 7.87. The lowest BCUT2D eigenvalue weighted by Gasteiger charge is -2.33. The first kappa shape index (κ1) is 13.6. The summed E-state index contributed by atoms with van der Waals surface area (Å²) in [6.07, 6.45) is 3.88. The molecule has 0 amide bonds. The lowest BCUT2D eigenvalue weighted by molar-refractivity contribution is -0.0548. The minimum Gasteiger partial charge on any atom is -0.379 e. The molecule has 0 spiro atoms. The molecule has 3 aliphatic heterocycles. The molecule has 4 rings (SSSR count). The Balaban J connectivity index is 1.49. The van der Waals surface area contributed by atoms with E-state index in [9.17, 15) is 5.11 Å². The van der Waals surface area contributed by atoms with Gasteiger partial charge in [-0.15, -0.1) is 0 Å². The smallest absolute Gasteiger partial charge is 0.260 e. The summed E-state index contributed by atoms with van der Waals surface area (Å²) in [5.41, 5.74) is -1.03. The van der Waals surface area contributed by atoms with Crippen LogP contribution in [0.25, 0.3) is 0 Å². The van der Waals surface area contributed by atoms with Crippen LogP contribution < -0.4 is 5.32 Å². The number of hydrogen-bond acceptors (Lipinski definition) is 7. The van der Waals surface area contributed by atoms with Gasteiger partial charge in [-0.2, -0.15) is 4.98 Å². The summed E-state index contributed by atoms with van der Waals surface area (Å²) in [5, 5.41) is 17.8. The molecule has 4 heterocycles. The summed E-state index contributed by atoms with van der Waals surface area (Å²) in [7, 11) is 0. The largest absolute Gasteiger partial charge is 0.379 e. The molecule has 7 heteroatoms. The van der Waals surface area contributed by atoms with Gasteiger partial charge in [0.2, 0.25) is 5.82 Å². The minimum absolute atomic E-state index is 0.142. The van der Waals surface area contributed by atoms with Crippen LogP contribution in [0, 0.1) is 0 Å². The van der Waals surface area contributed by atoms with Gasteiger partial charge in [-0.05, 0) is 38.8 Å². The maximum atomic E-state index is 10.6. The lowest BCUT2D eigenvalue weighted by Crippen LogP contribution is -2.44. The molecule has 0 bridgehead atoms. The van der Waals surface area contributed by atoms with Crippen LogP contribution in [0.3, 0.4) is 0 Å². The Kier molecular flexibility index (Phi) is 3.45. The Morgan fingerprint density at radius 3 is 3.19 bits per heavy atom. The van der Waals surface area contributed by atoms with Gasteiger partial charge in [0.1, 0.15) is 6.10 Å². The van der Waals surface area contributed by atoms with Gasteiger partial charge in [0.15, 0.2) is 5.60 Å². The van der Waals surface area contributed by atoms with Crippen LogP contribution in [-0.4, -0.2) is 59.0 Å². The van der Waals surface area contributed by atoms with Crippen molar-refractivity contribution in [3.63, 3.8) is 0 Å². The number of nitrogens with zero attached hydrogens (tertiary/aromatic N) is 3. The summed E-state index contributed by atoms with van der Waals surface area (Å²) in [5.74, 6) is 0.881. The number of aliphatic hydroxyl groups is 1. The van der Waals surface area contributed by atoms with Crippen LogP contribution in [0.1, 0.15) is 43.5 Å². The summed E-state index contributed by atoms with van der Waals surface area (Å²) < 4.78 is 11.2. The topological polar surface area (TPSA) is 83.7 Å². The van der Waals surface area contributed by atoms with Crippen molar-refractivity contribution < 1.29 is 14.4 Å². The van der Waals surface area contributed by atoms with Gasteiger partial charge < -0.3 is 19.7 Å². The number of β-amino-alcohol motifs (C(OH)–C–C–N with tert-alkyl or cyclic N) is 1. The van der Waals surface area contributed by atoms with Crippen LogP contribution in [0.4, 0.5) is 0 Å². The number of ether oxygens (including phenoxy) is 1. The molecule has 3 atom stereocenters. The van der Waals surface area contributed by atoms with E-state index in [1.165, 1.54) is 12.8 Å². The Labute approximate surface area is 123 Å². The summed E-state index contributed by atoms with van der Waals surface area (Å²) in [6, 6.07) is 0.555. The highest BCUT2D eigenvalue weighted by Crippen LogP contribution is 2.31. The van der Waals surface area contributed by atoms with Gasteiger partial charge in [0.05, 0.1) is 6.61 Å². The highest BCUT2D eigenvalue weighted by Gasteiger charge is 2.39. The van der Waals surface area contributed by atoms with Crippen LogP contribution >= 0.6 is 0 Å². The highest BCUT2D eigenvalue weighted by atomic mass is 16.5. The third-order valence-corrected chi connectivity index (χ3v) is 4.88. The SMILES string of the molecule is OC1(c2nc(C3CN4CCCC4CO3)no2)CCCNC1. The number of piperidine rings is 1. The van der Waals surface area contributed by atoms with Crippen molar-refractivity contribution in [2.24, 2.45) is 0 Å². The van der Waals surface area contributed by atoms with E-state index < -0.39 is 5.60 Å². The Hall–Kier alpha value is -1.02. The average molecular weight is 294 g/mol. The highest BCUT2D eigenvalue weighted by molar-refractivity contribution is 5.04. The summed E-state index contributed by atoms with van der Waals surface area (Å²) >= 11 is 0. The molecule has 3 unspecified atom stereocenters. The van der Waals surface area contributed by atoms with E-state index in [0.717, 1.165) is 32.7 Å². The molecule has 0 radical (unpaired) electrons. The van der Waals surface area contributed by atoms with Crippen LogP contribution in [0.15, 0.2) is 4.52 Å². The molecular formula is C14H22N4O3. The van der Waals surface area contributed by atoms with Crippen molar-refractivity contribution in [2.45, 2.75) is 43.4 Å². The lowest BCUT2D eigenvalue weighted by atomic mass is 9.94. The fourth-order valence-corrected chi connectivity index (χ4v) is 3.60. The Morgan fingerprint density at radius 2 is 2.33 bits per heavy atom. The van der Waals surface area contributed by atoms with Crippen molar-refractivity contribution in [1.82, 2.24) is 20.4 Å². The quantitative estimate of drug-likeness (QED) is 0.804. The van der Waals surface area contributed by atoms with Crippen molar-refractivity contribution in [3.05, 3.63) is 11.7 Å². The van der Waals surface area contributed by atoms with E-state index in [1.54, 1.807) is 0 Å². The van der Waals surface area contributed by atoms with Gasteiger partial charge in [0, 0.05) is 19.1 Å². The molecule has 7 nitrogen and oxygen atoms in total. The van der Waals surface area contributed by atoms with E-state index in [-0.39, 0.29) is 6.10 Å². The predicted molar refractivity (Wildman–Crippen MR) is 73.6 cm³/mol. The van der Waals surface area contributed by atoms with Crippen LogP contribution in [0.2, 0.25) is 0 Å². The molecule has 0 aliphatic carbocycles. The zero-order valence-electron chi connectivity index (χ0n) is 12.1. The number of morpholine rings is 1. The van der Waals surface area contributed by atoms with Crippen LogP contribution in [-0.2, 0) is 10.3 Å². The predicted octanol–water partition coefficient (Wildman–Crippen LogP) is 0.176. The van der Waals surface area contributed by atoms with Crippen molar-refractivity contribution >= 4 is 0 Å². The molecule has 1 aromatic rings. The number of nitrogens with one attached hydrogen (secondary N) is 1. The molecule has 0 aromatic carbocycles. The monoisotopic (exact) mass is 294 g/mol. The van der Waals surface area contributed by atoms with Crippen LogP contribution in [0.5, 0.6) is 0 Å². The first-order chi connectivity index (χ1) is 10.2. The van der Waals surface area contributed by atoms with Gasteiger partial charge in [-0.3, -0.25) is 4.90 Å². The number of fused-ring (bicyclic) bond motifs is 1. The molecular weight excluding hydrogens is 272 g/mol. The maximum Gasteiger partial charge on any atom is 0.260 e. The van der Waals surface area contributed by atoms with E-state index in [1.807, 2.05) is 0 Å². The number of hydrogen-bond donors (Lipinski definition) is 2. The van der Waals surface area contributed by atoms with Crippen molar-refractivity contribution in [3.8, 4) is 0 Å². The van der Waals surface area contributed by atoms with Gasteiger partial charge in [-0.1, -0.05) is 5.16 Å². The second-order valence-electron chi connectivity index (χ2n) is 6.38. The fraction of sp³-hybridized carbons (Fsp3) is 0.857. The normalized spacial score (nSPS) is 37.6. The van der Waals surface area contributed by atoms with Gasteiger partial charge in [0.25, 0.3) is 5.89 Å². The van der Waals surface area contributed by atoms with Crippen molar-refractivity contribution in [2.75, 3.05) is 32.8 Å². The third kappa shape index (κ3) is 2.48. The fourth-order valence-electron chi connectivity index (χ4n) is 3.60. The van der Waals surface area contributed by atoms with E-state index in [0.29, 0.717) is 30.7 Å². The number of aromatic nitrogens is 2. The Bertz CT molecular complexity index is 500. The molecule has 21 heavy (non-hydrogen) atoms. The summed E-state index contributed by atoms with van der Waals surface area (Å²) in [6.45, 7) is 4.07. The van der Waals surface area contributed by atoms with E-state index in [4.69, 9.17) is 9.26 Å². The van der Waals surface area contributed by atoms with E-state index >= 15 is 0 Å². The standard InChI is InChI=1S/C14H22N4O3/c19-14(4-2-5-15-9-14)13-16-12(17-21-13)11-7-18-6-1-3-10(18)8-20-11/h10-11,15,19H,1-9H2. The second kappa shape index (κ2) is 5.31. The first-order valence-corrected chi connectivity index (χ1v) is 7.87. The van der Waals surface area contributed by atoms with E-state index in [2.05, 4.69) is 20.4 Å². The average Bonchev–Trinajstić information content (AvgIpc) is 3.17. The molecule has 3 fully saturated rings. The van der Waals surface area contributed by atoms with Gasteiger partial charge in [-0.25, -0.2) is 0 Å². The molecule has 116 valence electrons. The second-order valence-corrected chi connectivity index (χ2v) is 6.38. The molecule has 1 aromatic heterocycles. The Morgan fingerprint density at radius 1 is 1.38 bits per heavy atom.